The Morgan fingerprint density at radius 3 is 1.17 bits per heavy atom. The topological polar surface area (TPSA) is 130 Å². The zero-order valence-electron chi connectivity index (χ0n) is 46.0. The number of unbranched alkanes of at least 4 members (excludes halogenated alkanes) is 12. The average molecular weight is 1040 g/mol. The number of hydrogen-bond acceptors (Lipinski definition) is 7. The lowest BCUT2D eigenvalue weighted by Crippen LogP contribution is -2.37. The Morgan fingerprint density at radius 2 is 0.756 bits per heavy atom. The van der Waals surface area contributed by atoms with Gasteiger partial charge >= 0.3 is 0 Å². The van der Waals surface area contributed by atoms with Crippen LogP contribution in [0.4, 0.5) is 5.69 Å². The highest BCUT2D eigenvalue weighted by atomic mass is 16.2. The molecule has 11 rings (SSSR count). The van der Waals surface area contributed by atoms with Gasteiger partial charge in [0.05, 0.1) is 23.0 Å². The molecule has 0 amide bonds. The molecule has 0 radical (unpaired) electrons. The minimum Gasteiger partial charge on any atom is -0.271 e. The molecule has 78 heavy (non-hydrogen) atoms. The van der Waals surface area contributed by atoms with Crippen LogP contribution in [0.3, 0.4) is 0 Å². The summed E-state index contributed by atoms with van der Waals surface area (Å²) in [7, 11) is 0. The monoisotopic (exact) mass is 1040 g/mol. The zero-order valence-corrected chi connectivity index (χ0v) is 46.0. The first-order chi connectivity index (χ1) is 38.1. The predicted octanol–water partition coefficient (Wildman–Crippen LogP) is 15.4. The van der Waals surface area contributed by atoms with Crippen molar-refractivity contribution in [3.05, 3.63) is 164 Å². The second kappa shape index (κ2) is 22.6. The van der Waals surface area contributed by atoms with Gasteiger partial charge in [-0.2, -0.15) is 0 Å². The number of hydrogen-bond donors (Lipinski definition) is 0. The zero-order chi connectivity index (χ0) is 54.2. The minimum atomic E-state index is -0.493. The summed E-state index contributed by atoms with van der Waals surface area (Å²) in [5.41, 5.74) is 0.0403. The van der Waals surface area contributed by atoms with Crippen molar-refractivity contribution in [3.63, 3.8) is 0 Å². The second-order valence-electron chi connectivity index (χ2n) is 22.5. The molecule has 3 aromatic heterocycles. The maximum atomic E-state index is 15.5. The number of fused-ring (bicyclic) bond motifs is 4. The molecule has 0 spiro atoms. The summed E-state index contributed by atoms with van der Waals surface area (Å²) in [5, 5.41) is 8.06. The Hall–Kier alpha value is -7.33. The molecule has 0 unspecified atom stereocenters. The number of para-hydroxylation sites is 1. The van der Waals surface area contributed by atoms with E-state index in [0.29, 0.717) is 90.3 Å². The molecule has 0 aliphatic rings. The summed E-state index contributed by atoms with van der Waals surface area (Å²) < 4.78 is 4.32. The van der Waals surface area contributed by atoms with Gasteiger partial charge in [-0.15, -0.1) is 0 Å². The first kappa shape index (κ1) is 52.7. The van der Waals surface area contributed by atoms with Crippen LogP contribution in [0.15, 0.2) is 125 Å². The lowest BCUT2D eigenvalue weighted by molar-refractivity contribution is 0.384. The van der Waals surface area contributed by atoms with E-state index in [9.17, 15) is 0 Å². The van der Waals surface area contributed by atoms with Gasteiger partial charge in [-0.3, -0.25) is 47.5 Å². The number of aromatic nitrogens is 3. The fraction of sp³-hybridized carbons (Fsp3) is 0.397. The third-order valence-electron chi connectivity index (χ3n) is 17.3. The summed E-state index contributed by atoms with van der Waals surface area (Å²) in [5.74, 6) is 0. The maximum absolute atomic E-state index is 15.5. The lowest BCUT2D eigenvalue weighted by Gasteiger charge is -2.24. The van der Waals surface area contributed by atoms with Crippen LogP contribution in [-0.2, 0) is 6.54 Å². The highest BCUT2D eigenvalue weighted by molar-refractivity contribution is 6.48. The summed E-state index contributed by atoms with van der Waals surface area (Å²) in [6, 6.07) is 27.9. The van der Waals surface area contributed by atoms with Crippen molar-refractivity contribution in [3.8, 4) is 0 Å². The average Bonchev–Trinajstić information content (AvgIpc) is 2.01. The number of benzene rings is 8. The van der Waals surface area contributed by atoms with Crippen LogP contribution in [0.1, 0.15) is 179 Å². The van der Waals surface area contributed by atoms with Crippen LogP contribution in [-0.4, -0.2) is 19.9 Å². The molecule has 0 N–H and O–H groups in total. The van der Waals surface area contributed by atoms with Gasteiger partial charge in [0.25, 0.3) is 33.4 Å². The first-order valence-corrected chi connectivity index (χ1v) is 29.4. The van der Waals surface area contributed by atoms with E-state index in [1.54, 1.807) is 18.3 Å². The molecule has 8 aromatic carbocycles. The van der Waals surface area contributed by atoms with E-state index < -0.39 is 11.1 Å². The van der Waals surface area contributed by atoms with Crippen molar-refractivity contribution in [2.24, 2.45) is 4.99 Å². The quantitative estimate of drug-likeness (QED) is 0.0230. The molecule has 0 saturated heterocycles. The van der Waals surface area contributed by atoms with Crippen LogP contribution in [0.5, 0.6) is 0 Å². The standard InChI is InChI=1S/C68H72N4O6/c1-5-9-13-20-26-45(27-21-14-10-6-2)71-63(73)49-36-34-47-48-35-37-50-56-54(66(76)72(64(50)74)46(28-22-15-11-7-3)29-23-16-12-8-4)39-52-60(58(48)56)59-51(38-53(65(71)75)55(49)57(47)59)61-62(52)68(78)70(67(61)77)41-43-32-30-42(31-33-43)40-69-44-24-18-17-19-25-44/h17-19,24-25,30-40,45-46H,5-16,20-23,26-29,41H2,1-4H3. The SMILES string of the molecule is CCCCCCC(CCCCCC)n1c(=O)c2ccc3c4ccc5c(=O)n(C(CCCCCC)CCCCCC)c(=O)c6cc7c8c(=O)n(Cc9ccc(C=Nc%10ccccc%10)cc9)c(=O)c8c8cc(c1=O)c2c3c8c7c4c56. The highest BCUT2D eigenvalue weighted by Crippen LogP contribution is 2.50. The van der Waals surface area contributed by atoms with Gasteiger partial charge < -0.3 is 0 Å². The van der Waals surface area contributed by atoms with Gasteiger partial charge in [0.2, 0.25) is 0 Å². The molecule has 10 nitrogen and oxygen atoms in total. The number of pyridine rings is 2. The van der Waals surface area contributed by atoms with Gasteiger partial charge in [0.1, 0.15) is 0 Å². The molecule has 0 saturated carbocycles. The van der Waals surface area contributed by atoms with E-state index in [1.165, 1.54) is 13.7 Å². The van der Waals surface area contributed by atoms with Crippen molar-refractivity contribution in [1.29, 1.82) is 0 Å². The molecule has 3 heterocycles. The fourth-order valence-corrected chi connectivity index (χ4v) is 13.4. The summed E-state index contributed by atoms with van der Waals surface area (Å²) in [6.07, 6.45) is 20.9. The molecular formula is C68H72N4O6. The molecule has 0 aliphatic heterocycles. The second-order valence-corrected chi connectivity index (χ2v) is 22.5. The van der Waals surface area contributed by atoms with Gasteiger partial charge in [0.15, 0.2) is 0 Å². The molecule has 0 fully saturated rings. The van der Waals surface area contributed by atoms with Crippen LogP contribution >= 0.6 is 0 Å². The molecular weight excluding hydrogens is 969 g/mol. The number of nitrogens with zero attached hydrogens (tertiary/aromatic N) is 4. The van der Waals surface area contributed by atoms with Crippen LogP contribution in [0.25, 0.3) is 86.2 Å². The van der Waals surface area contributed by atoms with Crippen molar-refractivity contribution >= 4 is 98.1 Å². The van der Waals surface area contributed by atoms with E-state index in [-0.39, 0.29) is 51.6 Å². The van der Waals surface area contributed by atoms with Crippen LogP contribution in [0.2, 0.25) is 0 Å². The van der Waals surface area contributed by atoms with Crippen LogP contribution in [0, 0.1) is 0 Å². The Labute approximate surface area is 453 Å². The molecule has 11 aromatic rings. The van der Waals surface area contributed by atoms with Gasteiger partial charge in [0, 0.05) is 50.6 Å². The molecule has 0 bridgehead atoms. The minimum absolute atomic E-state index is 0.0188. The van der Waals surface area contributed by atoms with E-state index in [1.807, 2.05) is 78.9 Å². The van der Waals surface area contributed by atoms with Gasteiger partial charge in [-0.1, -0.05) is 185 Å². The van der Waals surface area contributed by atoms with Crippen molar-refractivity contribution < 1.29 is 0 Å². The van der Waals surface area contributed by atoms with Crippen molar-refractivity contribution in [2.75, 3.05) is 0 Å². The highest BCUT2D eigenvalue weighted by Gasteiger charge is 2.32. The van der Waals surface area contributed by atoms with Crippen molar-refractivity contribution in [2.45, 2.75) is 175 Å². The predicted molar refractivity (Wildman–Crippen MR) is 326 cm³/mol. The van der Waals surface area contributed by atoms with E-state index in [0.717, 1.165) is 130 Å². The Balaban J connectivity index is 1.20. The normalized spacial score (nSPS) is 12.6. The number of aliphatic imine (C=N–C) groups is 1. The first-order valence-electron chi connectivity index (χ1n) is 29.4. The Kier molecular flexibility index (Phi) is 15.2. The summed E-state index contributed by atoms with van der Waals surface area (Å²) in [6.45, 7) is 8.68. The third-order valence-corrected chi connectivity index (χ3v) is 17.3. The van der Waals surface area contributed by atoms with Gasteiger partial charge in [-0.05, 0) is 116 Å². The molecule has 400 valence electrons. The summed E-state index contributed by atoms with van der Waals surface area (Å²) in [4.78, 5) is 97.0. The number of rotatable bonds is 26. The smallest absolute Gasteiger partial charge is 0.262 e. The summed E-state index contributed by atoms with van der Waals surface area (Å²) >= 11 is 0. The van der Waals surface area contributed by atoms with Gasteiger partial charge in [-0.25, -0.2) is 0 Å². The largest absolute Gasteiger partial charge is 0.271 e. The van der Waals surface area contributed by atoms with E-state index >= 15 is 28.8 Å². The maximum Gasteiger partial charge on any atom is 0.262 e. The van der Waals surface area contributed by atoms with E-state index in [2.05, 4.69) is 32.7 Å². The third kappa shape index (κ3) is 9.12. The molecule has 0 aliphatic carbocycles. The molecule has 0 atom stereocenters. The fourth-order valence-electron chi connectivity index (χ4n) is 13.4. The lowest BCUT2D eigenvalue weighted by atomic mass is 9.81. The van der Waals surface area contributed by atoms with E-state index in [4.69, 9.17) is 0 Å². The Morgan fingerprint density at radius 1 is 0.372 bits per heavy atom. The molecule has 10 heteroatoms. The Bertz CT molecular complexity index is 4080. The van der Waals surface area contributed by atoms with Crippen LogP contribution < -0.4 is 33.4 Å². The van der Waals surface area contributed by atoms with Crippen molar-refractivity contribution in [1.82, 2.24) is 13.7 Å².